The first-order valence-corrected chi connectivity index (χ1v) is 6.54. The molecular weight excluding hydrogens is 302 g/mol. The van der Waals surface area contributed by atoms with Crippen molar-refractivity contribution in [2.45, 2.75) is 26.8 Å². The summed E-state index contributed by atoms with van der Waals surface area (Å²) in [6.07, 6.45) is 1.80. The molecule has 0 fully saturated rings. The lowest BCUT2D eigenvalue weighted by Crippen LogP contribution is -2.24. The van der Waals surface area contributed by atoms with Gasteiger partial charge in [-0.05, 0) is 29.8 Å². The predicted molar refractivity (Wildman–Crippen MR) is 71.6 cm³/mol. The molecule has 18 heavy (non-hydrogen) atoms. The molecule has 0 aliphatic carbocycles. The summed E-state index contributed by atoms with van der Waals surface area (Å²) in [6, 6.07) is 0. The zero-order chi connectivity index (χ0) is 13.5. The molecule has 0 spiro atoms. The summed E-state index contributed by atoms with van der Waals surface area (Å²) in [5, 5.41) is 6.96. The average molecular weight is 318 g/mol. The summed E-state index contributed by atoms with van der Waals surface area (Å²) in [5.74, 6) is -0.268. The Morgan fingerprint density at radius 1 is 1.56 bits per heavy atom. The summed E-state index contributed by atoms with van der Waals surface area (Å²) in [4.78, 5) is 22.9. The fraction of sp³-hybridized carbons (Fsp3) is 0.545. The lowest BCUT2D eigenvalue weighted by Gasteiger charge is -2.09. The van der Waals surface area contributed by atoms with E-state index < -0.39 is 0 Å². The number of aromatic nitrogens is 2. The number of hydrogen-bond acceptors (Lipinski definition) is 5. The Balaban J connectivity index is 2.61. The van der Waals surface area contributed by atoms with Crippen LogP contribution in [0.4, 0.5) is 5.69 Å². The Bertz CT molecular complexity index is 473. The van der Waals surface area contributed by atoms with Crippen LogP contribution < -0.4 is 10.9 Å². The SMILES string of the molecule is CCOC(=O)CCNc1cnn(CC)c(=O)c1Br. The van der Waals surface area contributed by atoms with Crippen molar-refractivity contribution >= 4 is 27.6 Å². The summed E-state index contributed by atoms with van der Waals surface area (Å²) in [6.45, 7) is 4.89. The van der Waals surface area contributed by atoms with Crippen LogP contribution >= 0.6 is 15.9 Å². The summed E-state index contributed by atoms with van der Waals surface area (Å²) in [7, 11) is 0. The van der Waals surface area contributed by atoms with Gasteiger partial charge in [0.2, 0.25) is 0 Å². The van der Waals surface area contributed by atoms with Gasteiger partial charge in [-0.15, -0.1) is 0 Å². The van der Waals surface area contributed by atoms with Gasteiger partial charge in [-0.2, -0.15) is 5.10 Å². The zero-order valence-corrected chi connectivity index (χ0v) is 12.0. The highest BCUT2D eigenvalue weighted by Crippen LogP contribution is 2.15. The van der Waals surface area contributed by atoms with E-state index in [0.717, 1.165) is 0 Å². The highest BCUT2D eigenvalue weighted by molar-refractivity contribution is 9.10. The molecule has 0 aliphatic rings. The van der Waals surface area contributed by atoms with E-state index in [0.29, 0.717) is 29.9 Å². The number of rotatable bonds is 6. The van der Waals surface area contributed by atoms with Gasteiger partial charge in [-0.3, -0.25) is 9.59 Å². The number of aryl methyl sites for hydroxylation is 1. The number of anilines is 1. The smallest absolute Gasteiger partial charge is 0.307 e. The van der Waals surface area contributed by atoms with Gasteiger partial charge in [-0.25, -0.2) is 4.68 Å². The number of esters is 1. The maximum atomic E-state index is 11.7. The van der Waals surface area contributed by atoms with Crippen molar-refractivity contribution in [3.05, 3.63) is 21.0 Å². The van der Waals surface area contributed by atoms with Gasteiger partial charge in [0.1, 0.15) is 4.47 Å². The molecule has 1 heterocycles. The van der Waals surface area contributed by atoms with Crippen molar-refractivity contribution in [3.63, 3.8) is 0 Å². The lowest BCUT2D eigenvalue weighted by molar-refractivity contribution is -0.142. The van der Waals surface area contributed by atoms with E-state index in [-0.39, 0.29) is 17.9 Å². The van der Waals surface area contributed by atoms with Gasteiger partial charge < -0.3 is 10.1 Å². The van der Waals surface area contributed by atoms with Crippen LogP contribution in [0.2, 0.25) is 0 Å². The summed E-state index contributed by atoms with van der Waals surface area (Å²) >= 11 is 3.22. The van der Waals surface area contributed by atoms with Gasteiger partial charge in [0.05, 0.1) is 24.9 Å². The van der Waals surface area contributed by atoms with Crippen molar-refractivity contribution in [2.24, 2.45) is 0 Å². The van der Waals surface area contributed by atoms with Crippen LogP contribution in [0.3, 0.4) is 0 Å². The molecule has 0 amide bonds. The number of hydrogen-bond donors (Lipinski definition) is 1. The van der Waals surface area contributed by atoms with Crippen molar-refractivity contribution < 1.29 is 9.53 Å². The molecule has 1 rings (SSSR count). The number of carbonyl (C=O) groups is 1. The fourth-order valence-corrected chi connectivity index (χ4v) is 1.79. The molecular formula is C11H16BrN3O3. The quantitative estimate of drug-likeness (QED) is 0.803. The first kappa shape index (κ1) is 14.7. The molecule has 1 aromatic rings. The Kier molecular flexibility index (Phi) is 5.84. The Morgan fingerprint density at radius 3 is 2.89 bits per heavy atom. The Labute approximate surface area is 113 Å². The van der Waals surface area contributed by atoms with E-state index in [2.05, 4.69) is 26.3 Å². The predicted octanol–water partition coefficient (Wildman–Crippen LogP) is 1.39. The molecule has 0 atom stereocenters. The van der Waals surface area contributed by atoms with Crippen molar-refractivity contribution in [3.8, 4) is 0 Å². The van der Waals surface area contributed by atoms with Crippen LogP contribution in [0, 0.1) is 0 Å². The second kappa shape index (κ2) is 7.15. The van der Waals surface area contributed by atoms with Gasteiger partial charge in [-0.1, -0.05) is 0 Å². The minimum Gasteiger partial charge on any atom is -0.466 e. The molecule has 0 aliphatic heterocycles. The molecule has 0 radical (unpaired) electrons. The second-order valence-corrected chi connectivity index (χ2v) is 4.27. The highest BCUT2D eigenvalue weighted by atomic mass is 79.9. The summed E-state index contributed by atoms with van der Waals surface area (Å²) in [5.41, 5.74) is 0.382. The Hall–Kier alpha value is -1.37. The molecule has 0 saturated carbocycles. The average Bonchev–Trinajstić information content (AvgIpc) is 2.35. The number of nitrogens with one attached hydrogen (secondary N) is 1. The standard InChI is InChI=1S/C11H16BrN3O3/c1-3-15-11(17)10(12)8(7-14-15)13-6-5-9(16)18-4-2/h7,13H,3-6H2,1-2H3. The summed E-state index contributed by atoms with van der Waals surface area (Å²) < 4.78 is 6.57. The van der Waals surface area contributed by atoms with Crippen LogP contribution in [0.5, 0.6) is 0 Å². The van der Waals surface area contributed by atoms with Crippen LogP contribution in [-0.4, -0.2) is 28.9 Å². The third-order valence-corrected chi connectivity index (χ3v) is 3.00. The molecule has 0 saturated heterocycles. The molecule has 100 valence electrons. The minimum atomic E-state index is -0.268. The maximum Gasteiger partial charge on any atom is 0.307 e. The largest absolute Gasteiger partial charge is 0.466 e. The van der Waals surface area contributed by atoms with Crippen LogP contribution in [0.1, 0.15) is 20.3 Å². The van der Waals surface area contributed by atoms with E-state index in [4.69, 9.17) is 4.74 Å². The number of halogens is 1. The van der Waals surface area contributed by atoms with E-state index in [1.165, 1.54) is 4.68 Å². The van der Waals surface area contributed by atoms with Crippen molar-refractivity contribution in [2.75, 3.05) is 18.5 Å². The van der Waals surface area contributed by atoms with E-state index in [1.807, 2.05) is 6.92 Å². The van der Waals surface area contributed by atoms with E-state index >= 15 is 0 Å². The van der Waals surface area contributed by atoms with Crippen molar-refractivity contribution in [1.29, 1.82) is 0 Å². The van der Waals surface area contributed by atoms with Gasteiger partial charge in [0, 0.05) is 13.1 Å². The minimum absolute atomic E-state index is 0.196. The number of carbonyl (C=O) groups excluding carboxylic acids is 1. The molecule has 1 N–H and O–H groups in total. The van der Waals surface area contributed by atoms with Gasteiger partial charge in [0.15, 0.2) is 0 Å². The zero-order valence-electron chi connectivity index (χ0n) is 10.4. The van der Waals surface area contributed by atoms with Gasteiger partial charge >= 0.3 is 5.97 Å². The first-order chi connectivity index (χ1) is 8.60. The fourth-order valence-electron chi connectivity index (χ4n) is 1.35. The maximum absolute atomic E-state index is 11.7. The first-order valence-electron chi connectivity index (χ1n) is 5.75. The third-order valence-electron chi connectivity index (χ3n) is 2.23. The van der Waals surface area contributed by atoms with E-state index in [1.54, 1.807) is 13.1 Å². The molecule has 1 aromatic heterocycles. The molecule has 7 heteroatoms. The molecule has 0 unspecified atom stereocenters. The lowest BCUT2D eigenvalue weighted by atomic mass is 10.4. The second-order valence-electron chi connectivity index (χ2n) is 3.47. The Morgan fingerprint density at radius 2 is 2.28 bits per heavy atom. The third kappa shape index (κ3) is 3.83. The van der Waals surface area contributed by atoms with Gasteiger partial charge in [0.25, 0.3) is 5.56 Å². The number of nitrogens with zero attached hydrogens (tertiary/aromatic N) is 2. The highest BCUT2D eigenvalue weighted by Gasteiger charge is 2.08. The number of ether oxygens (including phenoxy) is 1. The van der Waals surface area contributed by atoms with E-state index in [9.17, 15) is 9.59 Å². The molecule has 0 aromatic carbocycles. The van der Waals surface area contributed by atoms with Crippen LogP contribution in [0.25, 0.3) is 0 Å². The monoisotopic (exact) mass is 317 g/mol. The van der Waals surface area contributed by atoms with Crippen LogP contribution in [0.15, 0.2) is 15.5 Å². The van der Waals surface area contributed by atoms with Crippen molar-refractivity contribution in [1.82, 2.24) is 9.78 Å². The molecule has 0 bridgehead atoms. The van der Waals surface area contributed by atoms with Crippen LogP contribution in [-0.2, 0) is 16.1 Å². The normalized spacial score (nSPS) is 10.2. The topological polar surface area (TPSA) is 73.2 Å². The molecule has 6 nitrogen and oxygen atoms in total.